The van der Waals surface area contributed by atoms with Gasteiger partial charge < -0.3 is 10.5 Å². The van der Waals surface area contributed by atoms with Gasteiger partial charge in [-0.15, -0.1) is 6.42 Å². The third-order valence-corrected chi connectivity index (χ3v) is 4.02. The van der Waals surface area contributed by atoms with Gasteiger partial charge in [0.2, 0.25) is 0 Å². The quantitative estimate of drug-likeness (QED) is 0.837. The van der Waals surface area contributed by atoms with Gasteiger partial charge in [0.1, 0.15) is 5.60 Å². The molecule has 106 valence electrons. The summed E-state index contributed by atoms with van der Waals surface area (Å²) >= 11 is 0. The summed E-state index contributed by atoms with van der Waals surface area (Å²) in [4.78, 5) is 11.1. The second-order valence-corrected chi connectivity index (χ2v) is 6.01. The molecule has 2 rings (SSSR count). The highest BCUT2D eigenvalue weighted by Gasteiger charge is 2.43. The fraction of sp³-hybridized carbons (Fsp3) is 0.471. The Morgan fingerprint density at radius 1 is 1.45 bits per heavy atom. The van der Waals surface area contributed by atoms with Crippen molar-refractivity contribution < 1.29 is 9.53 Å². The predicted molar refractivity (Wildman–Crippen MR) is 79.0 cm³/mol. The molecule has 1 aliphatic carbocycles. The first-order valence-corrected chi connectivity index (χ1v) is 6.96. The second-order valence-electron chi connectivity index (χ2n) is 6.01. The fourth-order valence-electron chi connectivity index (χ4n) is 2.80. The van der Waals surface area contributed by atoms with Crippen LogP contribution in [0, 0.1) is 24.2 Å². The molecule has 1 atom stereocenters. The Morgan fingerprint density at radius 2 is 2.05 bits per heavy atom. The maximum absolute atomic E-state index is 11.1. The molecule has 1 saturated carbocycles. The number of benzene rings is 1. The molecule has 0 aliphatic heterocycles. The highest BCUT2D eigenvalue weighted by molar-refractivity contribution is 5.65. The number of primary amides is 1. The molecule has 2 N–H and O–H groups in total. The third-order valence-electron chi connectivity index (χ3n) is 4.02. The Balaban J connectivity index is 2.13. The van der Waals surface area contributed by atoms with E-state index in [9.17, 15) is 4.79 Å². The maximum Gasteiger partial charge on any atom is 0.405 e. The molecule has 0 bridgehead atoms. The molecule has 0 spiro atoms. The Labute approximate surface area is 120 Å². The van der Waals surface area contributed by atoms with Gasteiger partial charge in [0.05, 0.1) is 0 Å². The minimum Gasteiger partial charge on any atom is -0.443 e. The Morgan fingerprint density at radius 3 is 2.50 bits per heavy atom. The van der Waals surface area contributed by atoms with Gasteiger partial charge in [-0.05, 0) is 56.7 Å². The summed E-state index contributed by atoms with van der Waals surface area (Å²) < 4.78 is 5.32. The van der Waals surface area contributed by atoms with Gasteiger partial charge in [-0.1, -0.05) is 18.1 Å². The van der Waals surface area contributed by atoms with Crippen molar-refractivity contribution in [2.75, 3.05) is 0 Å². The summed E-state index contributed by atoms with van der Waals surface area (Å²) in [6, 6.07) is 7.98. The van der Waals surface area contributed by atoms with E-state index in [0.717, 1.165) is 12.0 Å². The smallest absolute Gasteiger partial charge is 0.405 e. The van der Waals surface area contributed by atoms with E-state index in [1.807, 2.05) is 38.1 Å². The van der Waals surface area contributed by atoms with Crippen LogP contribution in [0.3, 0.4) is 0 Å². The minimum atomic E-state index is -0.705. The van der Waals surface area contributed by atoms with Crippen molar-refractivity contribution >= 4 is 6.09 Å². The van der Waals surface area contributed by atoms with E-state index in [0.29, 0.717) is 5.92 Å². The number of rotatable bonds is 5. The van der Waals surface area contributed by atoms with Crippen LogP contribution in [-0.2, 0) is 11.2 Å². The molecule has 1 fully saturated rings. The van der Waals surface area contributed by atoms with Gasteiger partial charge in [-0.2, -0.15) is 0 Å². The van der Waals surface area contributed by atoms with Crippen LogP contribution in [0.15, 0.2) is 24.3 Å². The number of carbonyl (C=O) groups is 1. The van der Waals surface area contributed by atoms with Crippen molar-refractivity contribution in [2.45, 2.75) is 38.7 Å². The average Bonchev–Trinajstić information content (AvgIpc) is 3.19. The molecule has 20 heavy (non-hydrogen) atoms. The lowest BCUT2D eigenvalue weighted by atomic mass is 9.81. The summed E-state index contributed by atoms with van der Waals surface area (Å²) in [6.45, 7) is 3.88. The fourth-order valence-corrected chi connectivity index (χ4v) is 2.80. The van der Waals surface area contributed by atoms with Crippen LogP contribution in [0.4, 0.5) is 4.79 Å². The molecule has 1 aliphatic rings. The van der Waals surface area contributed by atoms with Crippen LogP contribution in [0.25, 0.3) is 0 Å². The van der Waals surface area contributed by atoms with Crippen molar-refractivity contribution in [3.05, 3.63) is 35.4 Å². The number of amides is 1. The standard InChI is InChI=1S/C17H21NO2/c1-4-12-5-7-13(8-6-12)11-15(14-9-10-14)17(2,3)20-16(18)19/h1,5-8,14-15H,9-11H2,2-3H3,(H2,18,19). The number of hydrogen-bond donors (Lipinski definition) is 1. The molecule has 3 nitrogen and oxygen atoms in total. The number of nitrogens with two attached hydrogens (primary N) is 1. The van der Waals surface area contributed by atoms with Crippen molar-refractivity contribution in [1.29, 1.82) is 0 Å². The van der Waals surface area contributed by atoms with E-state index in [1.165, 1.54) is 18.4 Å². The van der Waals surface area contributed by atoms with Crippen LogP contribution >= 0.6 is 0 Å². The number of ether oxygens (including phenoxy) is 1. The van der Waals surface area contributed by atoms with E-state index < -0.39 is 11.7 Å². The van der Waals surface area contributed by atoms with Crippen LogP contribution in [0.5, 0.6) is 0 Å². The summed E-state index contributed by atoms with van der Waals surface area (Å²) in [6.07, 6.45) is 7.91. The third kappa shape index (κ3) is 3.54. The molecular weight excluding hydrogens is 250 g/mol. The van der Waals surface area contributed by atoms with Gasteiger partial charge in [0, 0.05) is 11.5 Å². The first-order chi connectivity index (χ1) is 9.42. The Hall–Kier alpha value is -1.95. The molecule has 1 unspecified atom stereocenters. The lowest BCUT2D eigenvalue weighted by Gasteiger charge is -2.33. The first kappa shape index (κ1) is 14.5. The van der Waals surface area contributed by atoms with Crippen LogP contribution in [0.2, 0.25) is 0 Å². The lowest BCUT2D eigenvalue weighted by molar-refractivity contribution is -0.00926. The Kier molecular flexibility index (Phi) is 4.04. The average molecular weight is 271 g/mol. The SMILES string of the molecule is C#Cc1ccc(CC(C2CC2)C(C)(C)OC(N)=O)cc1. The molecule has 0 radical (unpaired) electrons. The van der Waals surface area contributed by atoms with Gasteiger partial charge in [0.15, 0.2) is 0 Å². The van der Waals surface area contributed by atoms with Gasteiger partial charge >= 0.3 is 6.09 Å². The Bertz CT molecular complexity index is 521. The van der Waals surface area contributed by atoms with E-state index >= 15 is 0 Å². The van der Waals surface area contributed by atoms with Gasteiger partial charge in [0.25, 0.3) is 0 Å². The van der Waals surface area contributed by atoms with Crippen molar-refractivity contribution in [3.63, 3.8) is 0 Å². The highest BCUT2D eigenvalue weighted by atomic mass is 16.6. The predicted octanol–water partition coefficient (Wildman–Crippen LogP) is 3.11. The van der Waals surface area contributed by atoms with Crippen LogP contribution in [0.1, 0.15) is 37.8 Å². The van der Waals surface area contributed by atoms with Crippen LogP contribution in [-0.4, -0.2) is 11.7 Å². The maximum atomic E-state index is 11.1. The molecule has 0 aromatic heterocycles. The summed E-state index contributed by atoms with van der Waals surface area (Å²) in [5.41, 5.74) is 6.73. The zero-order valence-electron chi connectivity index (χ0n) is 12.1. The molecule has 0 saturated heterocycles. The largest absolute Gasteiger partial charge is 0.443 e. The molecular formula is C17H21NO2. The van der Waals surface area contributed by atoms with Crippen LogP contribution < -0.4 is 5.73 Å². The zero-order chi connectivity index (χ0) is 14.8. The monoisotopic (exact) mass is 271 g/mol. The van der Waals surface area contributed by atoms with E-state index in [1.54, 1.807) is 0 Å². The zero-order valence-corrected chi connectivity index (χ0v) is 12.1. The molecule has 0 heterocycles. The number of hydrogen-bond acceptors (Lipinski definition) is 2. The summed E-state index contributed by atoms with van der Waals surface area (Å²) in [7, 11) is 0. The summed E-state index contributed by atoms with van der Waals surface area (Å²) in [5, 5.41) is 0. The molecule has 1 aromatic carbocycles. The van der Waals surface area contributed by atoms with Gasteiger partial charge in [-0.3, -0.25) is 0 Å². The van der Waals surface area contributed by atoms with E-state index in [-0.39, 0.29) is 5.92 Å². The normalized spacial score (nSPS) is 16.2. The summed E-state index contributed by atoms with van der Waals surface area (Å²) in [5.74, 6) is 3.51. The lowest BCUT2D eigenvalue weighted by Crippen LogP contribution is -2.40. The van der Waals surface area contributed by atoms with Crippen molar-refractivity contribution in [2.24, 2.45) is 17.6 Å². The van der Waals surface area contributed by atoms with Crippen molar-refractivity contribution in [3.8, 4) is 12.3 Å². The molecule has 1 amide bonds. The van der Waals surface area contributed by atoms with Crippen molar-refractivity contribution in [1.82, 2.24) is 0 Å². The number of terminal acetylenes is 1. The topological polar surface area (TPSA) is 52.3 Å². The second kappa shape index (κ2) is 5.58. The minimum absolute atomic E-state index is 0.284. The highest BCUT2D eigenvalue weighted by Crippen LogP contribution is 2.45. The van der Waals surface area contributed by atoms with E-state index in [4.69, 9.17) is 16.9 Å². The van der Waals surface area contributed by atoms with Gasteiger partial charge in [-0.25, -0.2) is 4.79 Å². The number of carbonyl (C=O) groups excluding carboxylic acids is 1. The first-order valence-electron chi connectivity index (χ1n) is 6.96. The molecule has 3 heteroatoms. The molecule has 1 aromatic rings. The van der Waals surface area contributed by atoms with E-state index in [2.05, 4.69) is 5.92 Å².